The maximum absolute atomic E-state index is 11.7. The van der Waals surface area contributed by atoms with E-state index in [1.165, 1.54) is 0 Å². The van der Waals surface area contributed by atoms with Crippen molar-refractivity contribution >= 4 is 33.7 Å². The molecule has 1 aromatic carbocycles. The van der Waals surface area contributed by atoms with Gasteiger partial charge in [-0.25, -0.2) is 4.79 Å². The third kappa shape index (κ3) is 7.69. The first-order chi connectivity index (χ1) is 12.1. The van der Waals surface area contributed by atoms with Gasteiger partial charge in [-0.05, 0) is 46.0 Å². The lowest BCUT2D eigenvalue weighted by atomic mass is 9.87. The number of nitrogens with one attached hydrogen (secondary N) is 2. The van der Waals surface area contributed by atoms with Gasteiger partial charge < -0.3 is 9.47 Å². The SMILES string of the molecule is CCOC(=O)C=CC(=O)NNC(=O)COc1ccc(C(C)(C)C)cc1Br. The van der Waals surface area contributed by atoms with Gasteiger partial charge >= 0.3 is 5.97 Å². The maximum Gasteiger partial charge on any atom is 0.330 e. The maximum atomic E-state index is 11.7. The molecule has 0 fully saturated rings. The first-order valence-electron chi connectivity index (χ1n) is 8.00. The number of carbonyl (C=O) groups excluding carboxylic acids is 3. The van der Waals surface area contributed by atoms with Crippen LogP contribution in [0.25, 0.3) is 0 Å². The van der Waals surface area contributed by atoms with E-state index in [-0.39, 0.29) is 18.6 Å². The predicted molar refractivity (Wildman–Crippen MR) is 100 cm³/mol. The monoisotopic (exact) mass is 426 g/mol. The molecule has 0 bridgehead atoms. The van der Waals surface area contributed by atoms with Gasteiger partial charge in [0.15, 0.2) is 6.61 Å². The first-order valence-corrected chi connectivity index (χ1v) is 8.79. The van der Waals surface area contributed by atoms with Crippen molar-refractivity contribution in [1.29, 1.82) is 0 Å². The van der Waals surface area contributed by atoms with Crippen LogP contribution in [-0.4, -0.2) is 31.0 Å². The average molecular weight is 427 g/mol. The normalized spacial score (nSPS) is 11.1. The Morgan fingerprint density at radius 1 is 1.15 bits per heavy atom. The average Bonchev–Trinajstić information content (AvgIpc) is 2.56. The second-order valence-corrected chi connectivity index (χ2v) is 7.16. The summed E-state index contributed by atoms with van der Waals surface area (Å²) >= 11 is 3.42. The molecule has 0 aliphatic heterocycles. The Morgan fingerprint density at radius 2 is 1.85 bits per heavy atom. The van der Waals surface area contributed by atoms with Crippen LogP contribution < -0.4 is 15.6 Å². The van der Waals surface area contributed by atoms with E-state index >= 15 is 0 Å². The second-order valence-electron chi connectivity index (χ2n) is 6.31. The zero-order chi connectivity index (χ0) is 19.7. The summed E-state index contributed by atoms with van der Waals surface area (Å²) in [4.78, 5) is 34.2. The minimum Gasteiger partial charge on any atom is -0.483 e. The van der Waals surface area contributed by atoms with Crippen molar-refractivity contribution in [2.24, 2.45) is 0 Å². The third-order valence-electron chi connectivity index (χ3n) is 3.14. The van der Waals surface area contributed by atoms with Crippen LogP contribution in [0.4, 0.5) is 0 Å². The zero-order valence-corrected chi connectivity index (χ0v) is 16.8. The van der Waals surface area contributed by atoms with Crippen molar-refractivity contribution in [1.82, 2.24) is 10.9 Å². The Morgan fingerprint density at radius 3 is 2.42 bits per heavy atom. The van der Waals surface area contributed by atoms with Gasteiger partial charge in [0.05, 0.1) is 11.1 Å². The first kappa shape index (κ1) is 21.7. The van der Waals surface area contributed by atoms with E-state index in [0.717, 1.165) is 22.2 Å². The van der Waals surface area contributed by atoms with Gasteiger partial charge in [0.25, 0.3) is 11.8 Å². The highest BCUT2D eigenvalue weighted by molar-refractivity contribution is 9.10. The molecule has 0 aliphatic carbocycles. The summed E-state index contributed by atoms with van der Waals surface area (Å²) in [5.41, 5.74) is 5.44. The molecule has 0 spiro atoms. The van der Waals surface area contributed by atoms with Crippen LogP contribution in [0.3, 0.4) is 0 Å². The van der Waals surface area contributed by atoms with Gasteiger partial charge in [-0.2, -0.15) is 0 Å². The van der Waals surface area contributed by atoms with Crippen molar-refractivity contribution in [3.63, 3.8) is 0 Å². The fourth-order valence-corrected chi connectivity index (χ4v) is 2.26. The van der Waals surface area contributed by atoms with Crippen LogP contribution in [0.5, 0.6) is 5.75 Å². The van der Waals surface area contributed by atoms with Crippen LogP contribution in [0.2, 0.25) is 0 Å². The van der Waals surface area contributed by atoms with Crippen molar-refractivity contribution in [2.75, 3.05) is 13.2 Å². The summed E-state index contributed by atoms with van der Waals surface area (Å²) in [5, 5.41) is 0. The van der Waals surface area contributed by atoms with Crippen LogP contribution in [-0.2, 0) is 24.5 Å². The number of halogens is 1. The Hall–Kier alpha value is -2.35. The lowest BCUT2D eigenvalue weighted by Gasteiger charge is -2.20. The van der Waals surface area contributed by atoms with Crippen LogP contribution in [0, 0.1) is 0 Å². The number of hydrogen-bond acceptors (Lipinski definition) is 5. The van der Waals surface area contributed by atoms with Crippen LogP contribution >= 0.6 is 15.9 Å². The van der Waals surface area contributed by atoms with Gasteiger partial charge in [-0.3, -0.25) is 20.4 Å². The standard InChI is InChI=1S/C18H23BrN2O5/c1-5-25-17(24)9-8-15(22)20-21-16(23)11-26-14-7-6-12(10-13(14)19)18(2,3)4/h6-10H,5,11H2,1-4H3,(H,20,22)(H,21,23). The fourth-order valence-electron chi connectivity index (χ4n) is 1.77. The van der Waals surface area contributed by atoms with Gasteiger partial charge in [-0.1, -0.05) is 26.8 Å². The van der Waals surface area contributed by atoms with Crippen molar-refractivity contribution < 1.29 is 23.9 Å². The molecule has 0 radical (unpaired) electrons. The van der Waals surface area contributed by atoms with Gasteiger partial charge in [0.2, 0.25) is 0 Å². The Bertz CT molecular complexity index is 695. The molecule has 0 atom stereocenters. The summed E-state index contributed by atoms with van der Waals surface area (Å²) < 4.78 is 10.8. The van der Waals surface area contributed by atoms with Gasteiger partial charge in [-0.15, -0.1) is 0 Å². The van der Waals surface area contributed by atoms with Crippen LogP contribution in [0.15, 0.2) is 34.8 Å². The van der Waals surface area contributed by atoms with Gasteiger partial charge in [0, 0.05) is 12.2 Å². The van der Waals surface area contributed by atoms with E-state index in [1.54, 1.807) is 13.0 Å². The lowest BCUT2D eigenvalue weighted by Crippen LogP contribution is -2.43. The molecule has 0 saturated heterocycles. The van der Waals surface area contributed by atoms with Crippen LogP contribution in [0.1, 0.15) is 33.3 Å². The highest BCUT2D eigenvalue weighted by Gasteiger charge is 2.15. The Balaban J connectivity index is 2.45. The molecular weight excluding hydrogens is 404 g/mol. The van der Waals surface area contributed by atoms with E-state index in [1.807, 2.05) is 12.1 Å². The minimum absolute atomic E-state index is 0.000222. The molecule has 26 heavy (non-hydrogen) atoms. The number of amides is 2. The molecule has 0 saturated carbocycles. The van der Waals surface area contributed by atoms with E-state index in [0.29, 0.717) is 5.75 Å². The van der Waals surface area contributed by atoms with E-state index in [2.05, 4.69) is 52.3 Å². The van der Waals surface area contributed by atoms with Crippen molar-refractivity contribution in [2.45, 2.75) is 33.1 Å². The number of rotatable bonds is 6. The summed E-state index contributed by atoms with van der Waals surface area (Å²) in [7, 11) is 0. The molecule has 2 amide bonds. The highest BCUT2D eigenvalue weighted by Crippen LogP contribution is 2.31. The molecule has 2 N–H and O–H groups in total. The molecular formula is C18H23BrN2O5. The number of carbonyl (C=O) groups is 3. The Labute approximate surface area is 161 Å². The summed E-state index contributed by atoms with van der Waals surface area (Å²) in [6, 6.07) is 5.65. The summed E-state index contributed by atoms with van der Waals surface area (Å²) in [6.07, 6.45) is 1.93. The zero-order valence-electron chi connectivity index (χ0n) is 15.2. The molecule has 0 aliphatic rings. The largest absolute Gasteiger partial charge is 0.483 e. The smallest absolute Gasteiger partial charge is 0.330 e. The number of hydrazine groups is 1. The van der Waals surface area contributed by atoms with E-state index < -0.39 is 17.8 Å². The van der Waals surface area contributed by atoms with Crippen molar-refractivity contribution in [3.05, 3.63) is 40.4 Å². The molecule has 0 aromatic heterocycles. The number of ether oxygens (including phenoxy) is 2. The molecule has 1 rings (SSSR count). The molecule has 7 nitrogen and oxygen atoms in total. The van der Waals surface area contributed by atoms with E-state index in [4.69, 9.17) is 4.74 Å². The van der Waals surface area contributed by atoms with Gasteiger partial charge in [0.1, 0.15) is 5.75 Å². The van der Waals surface area contributed by atoms with Crippen molar-refractivity contribution in [3.8, 4) is 5.75 Å². The van der Waals surface area contributed by atoms with E-state index in [9.17, 15) is 14.4 Å². The molecule has 1 aromatic rings. The highest BCUT2D eigenvalue weighted by atomic mass is 79.9. The third-order valence-corrected chi connectivity index (χ3v) is 3.76. The molecule has 0 unspecified atom stereocenters. The molecule has 0 heterocycles. The summed E-state index contributed by atoms with van der Waals surface area (Å²) in [5.74, 6) is -1.33. The molecule has 142 valence electrons. The summed E-state index contributed by atoms with van der Waals surface area (Å²) in [6.45, 7) is 7.88. The minimum atomic E-state index is -0.665. The molecule has 8 heteroatoms. The quantitative estimate of drug-likeness (QED) is 0.413. The predicted octanol–water partition coefficient (Wildman–Crippen LogP) is 2.39. The number of esters is 1. The fraction of sp³-hybridized carbons (Fsp3) is 0.389. The number of hydrogen-bond donors (Lipinski definition) is 2. The Kier molecular flexibility index (Phi) is 8.31. The topological polar surface area (TPSA) is 93.7 Å². The second kappa shape index (κ2) is 9.96. The lowest BCUT2D eigenvalue weighted by molar-refractivity contribution is -0.137. The number of benzene rings is 1.